The van der Waals surface area contributed by atoms with Gasteiger partial charge in [-0.15, -0.1) is 0 Å². The molecule has 5 heteroatoms. The van der Waals surface area contributed by atoms with Gasteiger partial charge in [0, 0.05) is 11.5 Å². The van der Waals surface area contributed by atoms with E-state index in [2.05, 4.69) is 10.2 Å². The minimum absolute atomic E-state index is 0.366. The normalized spacial score (nSPS) is 11.1. The van der Waals surface area contributed by atoms with Crippen LogP contribution in [-0.4, -0.2) is 7.11 Å². The standard InChI is InChI=1S/C16H12N2O3/c1-20-14-6-3-12(4-7-14)17-18-13-5-8-15-11(10-13)2-9-16(19)21-15/h2-10H,1H3. The first-order valence-corrected chi connectivity index (χ1v) is 6.34. The first-order valence-electron chi connectivity index (χ1n) is 6.34. The van der Waals surface area contributed by atoms with Crippen molar-refractivity contribution in [2.75, 3.05) is 7.11 Å². The van der Waals surface area contributed by atoms with E-state index in [0.717, 1.165) is 16.8 Å². The Morgan fingerprint density at radius 3 is 2.38 bits per heavy atom. The molecule has 0 N–H and O–H groups in total. The van der Waals surface area contributed by atoms with Gasteiger partial charge < -0.3 is 9.15 Å². The molecule has 0 spiro atoms. The van der Waals surface area contributed by atoms with Gasteiger partial charge >= 0.3 is 5.63 Å². The van der Waals surface area contributed by atoms with Crippen molar-refractivity contribution < 1.29 is 9.15 Å². The molecule has 1 heterocycles. The second-order valence-electron chi connectivity index (χ2n) is 4.37. The molecule has 0 saturated carbocycles. The number of ether oxygens (including phenoxy) is 1. The average molecular weight is 280 g/mol. The Hall–Kier alpha value is -2.95. The second-order valence-corrected chi connectivity index (χ2v) is 4.37. The molecule has 0 unspecified atom stereocenters. The molecule has 0 aliphatic heterocycles. The Balaban J connectivity index is 1.88. The van der Waals surface area contributed by atoms with E-state index < -0.39 is 0 Å². The molecule has 21 heavy (non-hydrogen) atoms. The number of methoxy groups -OCH3 is 1. The molecule has 5 nitrogen and oxygen atoms in total. The van der Waals surface area contributed by atoms with Crippen LogP contribution < -0.4 is 10.4 Å². The van der Waals surface area contributed by atoms with Gasteiger partial charge in [-0.25, -0.2) is 4.79 Å². The van der Waals surface area contributed by atoms with Gasteiger partial charge in [-0.3, -0.25) is 0 Å². The lowest BCUT2D eigenvalue weighted by Crippen LogP contribution is -1.93. The summed E-state index contributed by atoms with van der Waals surface area (Å²) in [6.45, 7) is 0. The predicted octanol–water partition coefficient (Wildman–Crippen LogP) is 4.22. The highest BCUT2D eigenvalue weighted by atomic mass is 16.5. The fourth-order valence-corrected chi connectivity index (χ4v) is 1.89. The van der Waals surface area contributed by atoms with Crippen LogP contribution in [0, 0.1) is 0 Å². The number of rotatable bonds is 3. The Bertz CT molecular complexity index is 851. The van der Waals surface area contributed by atoms with Crippen molar-refractivity contribution in [3.63, 3.8) is 0 Å². The van der Waals surface area contributed by atoms with Crippen molar-refractivity contribution in [1.82, 2.24) is 0 Å². The molecule has 0 aliphatic carbocycles. The van der Waals surface area contributed by atoms with Crippen LogP contribution >= 0.6 is 0 Å². The minimum Gasteiger partial charge on any atom is -0.497 e. The number of azo groups is 1. The molecule has 0 fully saturated rings. The third-order valence-corrected chi connectivity index (χ3v) is 2.96. The van der Waals surface area contributed by atoms with Crippen molar-refractivity contribution in [2.45, 2.75) is 0 Å². The highest BCUT2D eigenvalue weighted by molar-refractivity contribution is 5.79. The van der Waals surface area contributed by atoms with Crippen molar-refractivity contribution in [1.29, 1.82) is 0 Å². The first-order chi connectivity index (χ1) is 10.2. The van der Waals surface area contributed by atoms with E-state index in [1.54, 1.807) is 25.3 Å². The lowest BCUT2D eigenvalue weighted by atomic mass is 10.2. The van der Waals surface area contributed by atoms with Crippen molar-refractivity contribution in [3.8, 4) is 5.75 Å². The maximum atomic E-state index is 11.1. The van der Waals surface area contributed by atoms with Gasteiger partial charge in [-0.05, 0) is 48.5 Å². The summed E-state index contributed by atoms with van der Waals surface area (Å²) in [5, 5.41) is 9.13. The zero-order valence-corrected chi connectivity index (χ0v) is 11.3. The molecule has 0 atom stereocenters. The second kappa shape index (κ2) is 5.58. The van der Waals surface area contributed by atoms with E-state index in [1.165, 1.54) is 6.07 Å². The lowest BCUT2D eigenvalue weighted by molar-refractivity contribution is 0.415. The number of benzene rings is 2. The molecule has 0 saturated heterocycles. The van der Waals surface area contributed by atoms with E-state index >= 15 is 0 Å². The van der Waals surface area contributed by atoms with E-state index in [4.69, 9.17) is 9.15 Å². The Labute approximate surface area is 120 Å². The number of hydrogen-bond acceptors (Lipinski definition) is 5. The number of fused-ring (bicyclic) bond motifs is 1. The van der Waals surface area contributed by atoms with Crippen molar-refractivity contribution in [3.05, 3.63) is 65.0 Å². The monoisotopic (exact) mass is 280 g/mol. The van der Waals surface area contributed by atoms with Crippen LogP contribution in [0.5, 0.6) is 5.75 Å². The van der Waals surface area contributed by atoms with Crippen LogP contribution in [0.25, 0.3) is 11.0 Å². The topological polar surface area (TPSA) is 64.2 Å². The maximum absolute atomic E-state index is 11.1. The molecule has 1 aromatic heterocycles. The summed E-state index contributed by atoms with van der Waals surface area (Å²) in [6, 6.07) is 15.6. The van der Waals surface area contributed by atoms with Gasteiger partial charge in [0.15, 0.2) is 0 Å². The molecule has 2 aromatic carbocycles. The number of nitrogens with zero attached hydrogens (tertiary/aromatic N) is 2. The molecule has 0 bridgehead atoms. The summed E-state index contributed by atoms with van der Waals surface area (Å²) in [5.74, 6) is 0.773. The van der Waals surface area contributed by atoms with Crippen LogP contribution in [0.15, 0.2) is 74.0 Å². The zero-order chi connectivity index (χ0) is 14.7. The molecule has 3 rings (SSSR count). The smallest absolute Gasteiger partial charge is 0.336 e. The maximum Gasteiger partial charge on any atom is 0.336 e. The van der Waals surface area contributed by atoms with Crippen LogP contribution in [-0.2, 0) is 0 Å². The minimum atomic E-state index is -0.366. The summed E-state index contributed by atoms with van der Waals surface area (Å²) >= 11 is 0. The Kier molecular flexibility index (Phi) is 3.47. The van der Waals surface area contributed by atoms with E-state index in [0.29, 0.717) is 11.3 Å². The molecule has 0 radical (unpaired) electrons. The third kappa shape index (κ3) is 2.97. The van der Waals surface area contributed by atoms with E-state index in [9.17, 15) is 4.79 Å². The molecular weight excluding hydrogens is 268 g/mol. The molecule has 0 aliphatic rings. The highest BCUT2D eigenvalue weighted by Crippen LogP contribution is 2.23. The quantitative estimate of drug-likeness (QED) is 0.533. The van der Waals surface area contributed by atoms with Gasteiger partial charge in [0.1, 0.15) is 11.3 Å². The summed E-state index contributed by atoms with van der Waals surface area (Å²) < 4.78 is 10.1. The van der Waals surface area contributed by atoms with Gasteiger partial charge in [0.2, 0.25) is 0 Å². The van der Waals surface area contributed by atoms with Gasteiger partial charge in [-0.2, -0.15) is 10.2 Å². The lowest BCUT2D eigenvalue weighted by Gasteiger charge is -1.99. The molecule has 0 amide bonds. The molecule has 3 aromatic rings. The summed E-state index contributed by atoms with van der Waals surface area (Å²) in [4.78, 5) is 11.1. The Morgan fingerprint density at radius 1 is 0.905 bits per heavy atom. The average Bonchev–Trinajstić information content (AvgIpc) is 2.53. The largest absolute Gasteiger partial charge is 0.497 e. The van der Waals surface area contributed by atoms with Gasteiger partial charge in [0.25, 0.3) is 0 Å². The Morgan fingerprint density at radius 2 is 1.62 bits per heavy atom. The van der Waals surface area contributed by atoms with Gasteiger partial charge in [0.05, 0.1) is 18.5 Å². The third-order valence-electron chi connectivity index (χ3n) is 2.96. The number of hydrogen-bond donors (Lipinski definition) is 0. The predicted molar refractivity (Wildman–Crippen MR) is 79.7 cm³/mol. The van der Waals surface area contributed by atoms with Crippen LogP contribution in [0.3, 0.4) is 0 Å². The van der Waals surface area contributed by atoms with Gasteiger partial charge in [-0.1, -0.05) is 0 Å². The van der Waals surface area contributed by atoms with Crippen LogP contribution in [0.4, 0.5) is 11.4 Å². The van der Waals surface area contributed by atoms with Crippen LogP contribution in [0.2, 0.25) is 0 Å². The SMILES string of the molecule is COc1ccc(N=Nc2ccc3oc(=O)ccc3c2)cc1. The van der Waals surface area contributed by atoms with Crippen LogP contribution in [0.1, 0.15) is 0 Å². The zero-order valence-electron chi connectivity index (χ0n) is 11.3. The summed E-state index contributed by atoms with van der Waals surface area (Å²) in [7, 11) is 1.62. The molecule has 104 valence electrons. The highest BCUT2D eigenvalue weighted by Gasteiger charge is 1.99. The first kappa shape index (κ1) is 13.1. The fraction of sp³-hybridized carbons (Fsp3) is 0.0625. The summed E-state index contributed by atoms with van der Waals surface area (Å²) in [6.07, 6.45) is 0. The van der Waals surface area contributed by atoms with E-state index in [1.807, 2.05) is 30.3 Å². The van der Waals surface area contributed by atoms with Crippen molar-refractivity contribution >= 4 is 22.3 Å². The van der Waals surface area contributed by atoms with E-state index in [-0.39, 0.29) is 5.63 Å². The summed E-state index contributed by atoms with van der Waals surface area (Å²) in [5.41, 5.74) is 1.59. The van der Waals surface area contributed by atoms with Crippen molar-refractivity contribution in [2.24, 2.45) is 10.2 Å². The molecular formula is C16H12N2O3. The fourth-order valence-electron chi connectivity index (χ4n) is 1.89.